The molecule has 4 rings (SSSR count). The van der Waals surface area contributed by atoms with E-state index in [0.29, 0.717) is 43.0 Å². The van der Waals surface area contributed by atoms with E-state index >= 15 is 0 Å². The summed E-state index contributed by atoms with van der Waals surface area (Å²) in [6.45, 7) is 21.1. The molecule has 0 unspecified atom stereocenters. The van der Waals surface area contributed by atoms with Gasteiger partial charge in [0.1, 0.15) is 17.9 Å². The second-order valence-corrected chi connectivity index (χ2v) is 13.8. The van der Waals surface area contributed by atoms with E-state index in [2.05, 4.69) is 57.6 Å². The summed E-state index contributed by atoms with van der Waals surface area (Å²) in [6.07, 6.45) is 3.96. The average Bonchev–Trinajstić information content (AvgIpc) is 3.51. The van der Waals surface area contributed by atoms with Crippen molar-refractivity contribution < 1.29 is 38.8 Å². The predicted molar refractivity (Wildman–Crippen MR) is 190 cm³/mol. The number of carboxylic acid groups (broad SMARTS) is 2. The molecule has 1 amide bonds. The number of hydrogen-bond donors (Lipinski definition) is 3. The lowest BCUT2D eigenvalue weighted by molar-refractivity contribution is -0.134. The van der Waals surface area contributed by atoms with Crippen molar-refractivity contribution in [1.82, 2.24) is 29.9 Å². The number of amides is 1. The van der Waals surface area contributed by atoms with E-state index in [9.17, 15) is 23.9 Å². The first-order chi connectivity index (χ1) is 24.1. The zero-order chi connectivity index (χ0) is 37.9. The number of benzene rings is 1. The molecule has 2 aliphatic rings. The van der Waals surface area contributed by atoms with Gasteiger partial charge in [-0.1, -0.05) is 27.7 Å². The van der Waals surface area contributed by atoms with E-state index in [1.165, 1.54) is 24.5 Å². The third-order valence-corrected chi connectivity index (χ3v) is 9.47. The van der Waals surface area contributed by atoms with Crippen LogP contribution in [0.1, 0.15) is 71.7 Å². The van der Waals surface area contributed by atoms with Crippen LogP contribution in [0.3, 0.4) is 0 Å². The number of aliphatic carboxylic acids is 2. The molecule has 2 atom stereocenters. The summed E-state index contributed by atoms with van der Waals surface area (Å²) in [7, 11) is 0. The van der Waals surface area contributed by atoms with Crippen molar-refractivity contribution in [3.8, 4) is 11.6 Å². The van der Waals surface area contributed by atoms with Gasteiger partial charge in [-0.05, 0) is 70.8 Å². The van der Waals surface area contributed by atoms with Crippen molar-refractivity contribution in [2.45, 2.75) is 79.5 Å². The van der Waals surface area contributed by atoms with Crippen LogP contribution < -0.4 is 9.64 Å². The molecule has 14 nitrogen and oxygen atoms in total. The van der Waals surface area contributed by atoms with Gasteiger partial charge >= 0.3 is 11.9 Å². The van der Waals surface area contributed by atoms with Gasteiger partial charge in [0.05, 0.1) is 11.7 Å². The Labute approximate surface area is 299 Å². The molecule has 2 fully saturated rings. The molecule has 0 aliphatic carbocycles. The first-order valence-corrected chi connectivity index (χ1v) is 17.6. The third kappa shape index (κ3) is 11.4. The molecule has 2 aliphatic heterocycles. The molecule has 2 saturated heterocycles. The van der Waals surface area contributed by atoms with Gasteiger partial charge in [0.25, 0.3) is 11.8 Å². The zero-order valence-corrected chi connectivity index (χ0v) is 30.8. The van der Waals surface area contributed by atoms with Gasteiger partial charge in [0.15, 0.2) is 5.82 Å². The van der Waals surface area contributed by atoms with Crippen LogP contribution in [0.4, 0.5) is 10.2 Å². The lowest BCUT2D eigenvalue weighted by Crippen LogP contribution is -2.62. The fourth-order valence-corrected chi connectivity index (χ4v) is 6.84. The molecule has 0 saturated carbocycles. The van der Waals surface area contributed by atoms with Crippen LogP contribution in [0, 0.1) is 17.2 Å². The van der Waals surface area contributed by atoms with Crippen molar-refractivity contribution in [3.05, 3.63) is 48.1 Å². The normalized spacial score (nSPS) is 16.7. The van der Waals surface area contributed by atoms with E-state index in [1.807, 2.05) is 20.8 Å². The molecule has 1 aromatic heterocycles. The Kier molecular flexibility index (Phi) is 15.2. The number of likely N-dealkylation sites (tertiary alicyclic amines) is 1. The largest absolute Gasteiger partial charge is 0.478 e. The Morgan fingerprint density at radius 3 is 2.22 bits per heavy atom. The number of aliphatic hydroxyl groups is 1. The summed E-state index contributed by atoms with van der Waals surface area (Å²) in [5.41, 5.74) is 0.275. The highest BCUT2D eigenvalue weighted by Gasteiger charge is 2.50. The van der Waals surface area contributed by atoms with E-state index in [4.69, 9.17) is 14.9 Å². The molecule has 1 spiro atoms. The average molecular weight is 716 g/mol. The van der Waals surface area contributed by atoms with Crippen LogP contribution in [-0.2, 0) is 9.59 Å². The van der Waals surface area contributed by atoms with Crippen LogP contribution in [0.2, 0.25) is 0 Å². The fourth-order valence-electron chi connectivity index (χ4n) is 6.84. The summed E-state index contributed by atoms with van der Waals surface area (Å²) in [4.78, 5) is 45.6. The summed E-state index contributed by atoms with van der Waals surface area (Å²) >= 11 is 0. The Morgan fingerprint density at radius 1 is 1.02 bits per heavy atom. The minimum atomic E-state index is -1.26. The standard InChI is InChI=1S/C32H50FN7O3.C4H4O4/c1-8-37(9-2)17-25(41)16-27(22(4)5)39-19-32(20-39)13-14-38(18-32)29-30(36-35-21-34-29)43-28-12-11-24(33)15-26(28)31(42)40(10-3)23(6)7;5-3(6)1-2-4(7)8/h11-12,15,21-23,25,27,41H,8-10,13-14,16-20H2,1-7H3;1-2H,(H,5,6)(H,7,8)/b;2-1+/t25-,27+;/m0./s1. The Balaban J connectivity index is 0.000000783. The van der Waals surface area contributed by atoms with Gasteiger partial charge in [-0.2, -0.15) is 0 Å². The molecule has 0 radical (unpaired) electrons. The summed E-state index contributed by atoms with van der Waals surface area (Å²) < 4.78 is 20.4. The second kappa shape index (κ2) is 18.9. The number of carboxylic acids is 2. The SMILES string of the molecule is CCN(CC)C[C@@H](O)C[C@H](C(C)C)N1CC2(CCN(c3ncnnc3Oc3ccc(F)cc3C(=O)N(CC)C(C)C)C2)C1.O=C(O)/C=C/C(=O)O. The Morgan fingerprint density at radius 2 is 1.67 bits per heavy atom. The number of anilines is 1. The molecular weight excluding hydrogens is 661 g/mol. The smallest absolute Gasteiger partial charge is 0.328 e. The summed E-state index contributed by atoms with van der Waals surface area (Å²) in [6, 6.07) is 4.23. The van der Waals surface area contributed by atoms with Crippen LogP contribution in [0.5, 0.6) is 11.6 Å². The van der Waals surface area contributed by atoms with E-state index < -0.39 is 17.8 Å². The maximum absolute atomic E-state index is 14.3. The molecule has 2 aromatic rings. The maximum Gasteiger partial charge on any atom is 0.328 e. The van der Waals surface area contributed by atoms with Gasteiger partial charge in [-0.15, -0.1) is 10.2 Å². The molecule has 3 N–H and O–H groups in total. The summed E-state index contributed by atoms with van der Waals surface area (Å²) in [5.74, 6) is -1.89. The van der Waals surface area contributed by atoms with Gasteiger partial charge < -0.3 is 34.8 Å². The highest BCUT2D eigenvalue weighted by Crippen LogP contribution is 2.44. The van der Waals surface area contributed by atoms with Gasteiger partial charge in [-0.25, -0.2) is 19.0 Å². The lowest BCUT2D eigenvalue weighted by atomic mass is 9.76. The van der Waals surface area contributed by atoms with Crippen molar-refractivity contribution in [1.29, 1.82) is 0 Å². The fraction of sp³-hybridized carbons (Fsp3) is 0.611. The molecule has 282 valence electrons. The number of hydrogen-bond acceptors (Lipinski definition) is 11. The quantitative estimate of drug-likeness (QED) is 0.213. The Bertz CT molecular complexity index is 1480. The number of halogens is 1. The summed E-state index contributed by atoms with van der Waals surface area (Å²) in [5, 5.41) is 34.7. The number of carbonyl (C=O) groups is 3. The maximum atomic E-state index is 14.3. The number of aromatic nitrogens is 3. The number of aliphatic hydroxyl groups excluding tert-OH is 1. The topological polar surface area (TPSA) is 173 Å². The Hall–Kier alpha value is -4.21. The molecule has 3 heterocycles. The highest BCUT2D eigenvalue weighted by atomic mass is 19.1. The first-order valence-electron chi connectivity index (χ1n) is 17.6. The molecule has 15 heteroatoms. The molecule has 51 heavy (non-hydrogen) atoms. The van der Waals surface area contributed by atoms with Crippen molar-refractivity contribution in [3.63, 3.8) is 0 Å². The number of rotatable bonds is 16. The van der Waals surface area contributed by atoms with Gasteiger partial charge in [0.2, 0.25) is 0 Å². The predicted octanol–water partition coefficient (Wildman–Crippen LogP) is 4.01. The van der Waals surface area contributed by atoms with Crippen LogP contribution in [0.25, 0.3) is 0 Å². The first kappa shape index (κ1) is 41.2. The molecule has 1 aromatic carbocycles. The molecule has 0 bridgehead atoms. The number of carbonyl (C=O) groups excluding carboxylic acids is 1. The van der Waals surface area contributed by atoms with Crippen molar-refractivity contribution in [2.24, 2.45) is 11.3 Å². The van der Waals surface area contributed by atoms with Gasteiger partial charge in [-0.3, -0.25) is 9.69 Å². The second-order valence-electron chi connectivity index (χ2n) is 13.8. The minimum absolute atomic E-state index is 0.0499. The number of nitrogens with zero attached hydrogens (tertiary/aromatic N) is 7. The van der Waals surface area contributed by atoms with Crippen molar-refractivity contribution in [2.75, 3.05) is 57.3 Å². The third-order valence-electron chi connectivity index (χ3n) is 9.47. The monoisotopic (exact) mass is 715 g/mol. The van der Waals surface area contributed by atoms with Crippen LogP contribution in [-0.4, -0.2) is 134 Å². The zero-order valence-electron chi connectivity index (χ0n) is 30.8. The number of ether oxygens (including phenoxy) is 1. The van der Waals surface area contributed by atoms with Gasteiger partial charge in [0, 0.05) is 68.9 Å². The number of likely N-dealkylation sites (N-methyl/N-ethyl adjacent to an activating group) is 1. The van der Waals surface area contributed by atoms with Crippen molar-refractivity contribution >= 4 is 23.7 Å². The highest BCUT2D eigenvalue weighted by molar-refractivity contribution is 5.97. The van der Waals surface area contributed by atoms with Crippen LogP contribution >= 0.6 is 0 Å². The van der Waals surface area contributed by atoms with E-state index in [-0.39, 0.29) is 40.7 Å². The lowest BCUT2D eigenvalue weighted by Gasteiger charge is -2.53. The van der Waals surface area contributed by atoms with E-state index in [0.717, 1.165) is 52.1 Å². The van der Waals surface area contributed by atoms with E-state index in [1.54, 1.807) is 4.90 Å². The molecular formula is C36H54FN7O7. The minimum Gasteiger partial charge on any atom is -0.478 e. The van der Waals surface area contributed by atoms with Crippen LogP contribution in [0.15, 0.2) is 36.7 Å².